The Morgan fingerprint density at radius 3 is 2.54 bits per heavy atom. The predicted octanol–water partition coefficient (Wildman–Crippen LogP) is 4.26. The third-order valence-electron chi connectivity index (χ3n) is 4.18. The molecule has 0 bridgehead atoms. The number of aryl methyl sites for hydroxylation is 1. The van der Waals surface area contributed by atoms with Crippen LogP contribution in [-0.2, 0) is 20.7 Å². The molecule has 4 heteroatoms. The Morgan fingerprint density at radius 1 is 1.00 bits per heavy atom. The first-order valence-electron chi connectivity index (χ1n) is 8.56. The Hall–Kier alpha value is -3.14. The van der Waals surface area contributed by atoms with Gasteiger partial charge in [-0.2, -0.15) is 0 Å². The van der Waals surface area contributed by atoms with Gasteiger partial charge in [0, 0.05) is 5.69 Å². The van der Waals surface area contributed by atoms with Crippen molar-refractivity contribution in [1.29, 1.82) is 0 Å². The van der Waals surface area contributed by atoms with E-state index in [1.54, 1.807) is 13.0 Å². The number of fused-ring (bicyclic) bond motifs is 1. The van der Waals surface area contributed by atoms with E-state index in [1.807, 2.05) is 67.6 Å². The standard InChI is InChI=1S/C22H21NO3/c1-15-7-5-11-19(13-15)23-22(25)16(2)26-21(24)14-18-10-6-9-17-8-3-4-12-20(17)18/h3-13,16H,14H2,1-2H3,(H,23,25). The van der Waals surface area contributed by atoms with Crippen LogP contribution in [0.25, 0.3) is 10.8 Å². The minimum absolute atomic E-state index is 0.128. The monoisotopic (exact) mass is 347 g/mol. The van der Waals surface area contributed by atoms with Gasteiger partial charge in [0.05, 0.1) is 6.42 Å². The zero-order valence-electron chi connectivity index (χ0n) is 14.9. The van der Waals surface area contributed by atoms with Crippen molar-refractivity contribution in [2.24, 2.45) is 0 Å². The van der Waals surface area contributed by atoms with Gasteiger partial charge >= 0.3 is 5.97 Å². The molecule has 0 aromatic heterocycles. The fourth-order valence-electron chi connectivity index (χ4n) is 2.86. The number of amides is 1. The molecule has 132 valence electrons. The second-order valence-electron chi connectivity index (χ2n) is 6.31. The first kappa shape index (κ1) is 17.7. The second kappa shape index (κ2) is 7.83. The maximum Gasteiger partial charge on any atom is 0.311 e. The number of carbonyl (C=O) groups excluding carboxylic acids is 2. The van der Waals surface area contributed by atoms with E-state index in [2.05, 4.69) is 5.32 Å². The van der Waals surface area contributed by atoms with E-state index in [0.717, 1.165) is 21.9 Å². The molecule has 3 rings (SSSR count). The average Bonchev–Trinajstić information content (AvgIpc) is 2.62. The first-order valence-corrected chi connectivity index (χ1v) is 8.56. The lowest BCUT2D eigenvalue weighted by atomic mass is 10.0. The lowest BCUT2D eigenvalue weighted by Crippen LogP contribution is -2.30. The van der Waals surface area contributed by atoms with Crippen molar-refractivity contribution < 1.29 is 14.3 Å². The van der Waals surface area contributed by atoms with Gasteiger partial charge in [0.1, 0.15) is 0 Å². The van der Waals surface area contributed by atoms with Crippen LogP contribution < -0.4 is 5.32 Å². The molecule has 0 spiro atoms. The minimum Gasteiger partial charge on any atom is -0.452 e. The van der Waals surface area contributed by atoms with E-state index in [1.165, 1.54) is 0 Å². The predicted molar refractivity (Wildman–Crippen MR) is 103 cm³/mol. The molecule has 26 heavy (non-hydrogen) atoms. The molecule has 0 aliphatic carbocycles. The zero-order chi connectivity index (χ0) is 18.5. The molecule has 0 heterocycles. The number of ether oxygens (including phenoxy) is 1. The molecule has 0 saturated heterocycles. The van der Waals surface area contributed by atoms with Crippen molar-refractivity contribution in [1.82, 2.24) is 0 Å². The van der Waals surface area contributed by atoms with Crippen molar-refractivity contribution in [2.45, 2.75) is 26.4 Å². The van der Waals surface area contributed by atoms with Gasteiger partial charge < -0.3 is 10.1 Å². The minimum atomic E-state index is -0.863. The molecule has 4 nitrogen and oxygen atoms in total. The largest absolute Gasteiger partial charge is 0.452 e. The summed E-state index contributed by atoms with van der Waals surface area (Å²) in [6.07, 6.45) is -0.735. The number of carbonyl (C=O) groups is 2. The summed E-state index contributed by atoms with van der Waals surface area (Å²) in [6, 6.07) is 21.2. The first-order chi connectivity index (χ1) is 12.5. The van der Waals surface area contributed by atoms with Crippen LogP contribution in [0.15, 0.2) is 66.7 Å². The van der Waals surface area contributed by atoms with Gasteiger partial charge in [-0.3, -0.25) is 9.59 Å². The summed E-state index contributed by atoms with van der Waals surface area (Å²) < 4.78 is 5.32. The summed E-state index contributed by atoms with van der Waals surface area (Å²) in [4.78, 5) is 24.5. The van der Waals surface area contributed by atoms with Crippen LogP contribution >= 0.6 is 0 Å². The highest BCUT2D eigenvalue weighted by atomic mass is 16.5. The van der Waals surface area contributed by atoms with Crippen LogP contribution in [0.1, 0.15) is 18.1 Å². The molecule has 1 atom stereocenters. The lowest BCUT2D eigenvalue weighted by molar-refractivity contribution is -0.152. The van der Waals surface area contributed by atoms with Crippen molar-refractivity contribution in [2.75, 3.05) is 5.32 Å². The van der Waals surface area contributed by atoms with Gasteiger partial charge in [-0.25, -0.2) is 0 Å². The topological polar surface area (TPSA) is 55.4 Å². The molecule has 0 aliphatic heterocycles. The third-order valence-corrected chi connectivity index (χ3v) is 4.18. The number of anilines is 1. The molecular formula is C22H21NO3. The Labute approximate surface area is 152 Å². The highest BCUT2D eigenvalue weighted by molar-refractivity contribution is 5.95. The Morgan fingerprint density at radius 2 is 1.73 bits per heavy atom. The van der Waals surface area contributed by atoms with Crippen LogP contribution in [0, 0.1) is 6.92 Å². The van der Waals surface area contributed by atoms with E-state index in [4.69, 9.17) is 4.74 Å². The maximum absolute atomic E-state index is 12.3. The summed E-state index contributed by atoms with van der Waals surface area (Å²) in [5.41, 5.74) is 2.62. The third kappa shape index (κ3) is 4.28. The summed E-state index contributed by atoms with van der Waals surface area (Å²) in [6.45, 7) is 3.52. The highest BCUT2D eigenvalue weighted by Gasteiger charge is 2.18. The number of hydrogen-bond acceptors (Lipinski definition) is 3. The van der Waals surface area contributed by atoms with E-state index < -0.39 is 12.1 Å². The van der Waals surface area contributed by atoms with Crippen molar-refractivity contribution in [3.63, 3.8) is 0 Å². The van der Waals surface area contributed by atoms with Gasteiger partial charge in [0.15, 0.2) is 6.10 Å². The van der Waals surface area contributed by atoms with Gasteiger partial charge in [0.2, 0.25) is 0 Å². The normalized spacial score (nSPS) is 11.8. The molecule has 1 unspecified atom stereocenters. The van der Waals surface area contributed by atoms with Crippen molar-refractivity contribution in [3.05, 3.63) is 77.9 Å². The van der Waals surface area contributed by atoms with Gasteiger partial charge in [0.25, 0.3) is 5.91 Å². The quantitative estimate of drug-likeness (QED) is 0.702. The number of esters is 1. The molecule has 0 radical (unpaired) electrons. The van der Waals surface area contributed by atoms with E-state index >= 15 is 0 Å². The van der Waals surface area contributed by atoms with Crippen molar-refractivity contribution in [3.8, 4) is 0 Å². The number of rotatable bonds is 5. The van der Waals surface area contributed by atoms with Crippen molar-refractivity contribution >= 4 is 28.3 Å². The Balaban J connectivity index is 1.62. The number of nitrogens with one attached hydrogen (secondary N) is 1. The van der Waals surface area contributed by atoms with Crippen LogP contribution in [-0.4, -0.2) is 18.0 Å². The second-order valence-corrected chi connectivity index (χ2v) is 6.31. The maximum atomic E-state index is 12.3. The Kier molecular flexibility index (Phi) is 5.32. The highest BCUT2D eigenvalue weighted by Crippen LogP contribution is 2.19. The van der Waals surface area contributed by atoms with Crippen LogP contribution in [0.2, 0.25) is 0 Å². The smallest absolute Gasteiger partial charge is 0.311 e. The fourth-order valence-corrected chi connectivity index (χ4v) is 2.86. The molecule has 0 saturated carbocycles. The van der Waals surface area contributed by atoms with E-state index in [9.17, 15) is 9.59 Å². The van der Waals surface area contributed by atoms with Gasteiger partial charge in [-0.15, -0.1) is 0 Å². The average molecular weight is 347 g/mol. The summed E-state index contributed by atoms with van der Waals surface area (Å²) in [5, 5.41) is 4.85. The van der Waals surface area contributed by atoms with Gasteiger partial charge in [-0.05, 0) is 47.9 Å². The van der Waals surface area contributed by atoms with Crippen LogP contribution in [0.3, 0.4) is 0 Å². The Bertz CT molecular complexity index is 944. The summed E-state index contributed by atoms with van der Waals surface area (Å²) in [7, 11) is 0. The van der Waals surface area contributed by atoms with Crippen LogP contribution in [0.4, 0.5) is 5.69 Å². The molecule has 1 amide bonds. The summed E-state index contributed by atoms with van der Waals surface area (Å²) >= 11 is 0. The molecule has 3 aromatic carbocycles. The zero-order valence-corrected chi connectivity index (χ0v) is 14.9. The fraction of sp³-hybridized carbons (Fsp3) is 0.182. The van der Waals surface area contributed by atoms with E-state index in [0.29, 0.717) is 5.69 Å². The molecule has 0 fully saturated rings. The van der Waals surface area contributed by atoms with Crippen LogP contribution in [0.5, 0.6) is 0 Å². The number of benzene rings is 3. The SMILES string of the molecule is Cc1cccc(NC(=O)C(C)OC(=O)Cc2cccc3ccccc23)c1. The van der Waals surface area contributed by atoms with E-state index in [-0.39, 0.29) is 12.3 Å². The summed E-state index contributed by atoms with van der Waals surface area (Å²) in [5.74, 6) is -0.768. The number of hydrogen-bond donors (Lipinski definition) is 1. The molecule has 1 N–H and O–H groups in total. The molecular weight excluding hydrogens is 326 g/mol. The molecule has 0 aliphatic rings. The van der Waals surface area contributed by atoms with Gasteiger partial charge in [-0.1, -0.05) is 54.6 Å². The molecule has 3 aromatic rings. The lowest BCUT2D eigenvalue weighted by Gasteiger charge is -2.14.